The second-order valence-electron chi connectivity index (χ2n) is 6.37. The molecule has 26 heavy (non-hydrogen) atoms. The van der Waals surface area contributed by atoms with E-state index in [9.17, 15) is 22.8 Å². The van der Waals surface area contributed by atoms with E-state index in [1.807, 2.05) is 19.1 Å². The molecule has 0 saturated heterocycles. The van der Waals surface area contributed by atoms with Crippen molar-refractivity contribution >= 4 is 23.2 Å². The molecule has 3 rings (SSSR count). The maximum Gasteiger partial charge on any atom is 0.416 e. The molecule has 1 fully saturated rings. The van der Waals surface area contributed by atoms with E-state index in [2.05, 4.69) is 10.6 Å². The zero-order valence-corrected chi connectivity index (χ0v) is 13.9. The monoisotopic (exact) mass is 362 g/mol. The number of anilines is 2. The van der Waals surface area contributed by atoms with Gasteiger partial charge in [-0.05, 0) is 49.7 Å². The smallest absolute Gasteiger partial charge is 0.326 e. The molecule has 1 aliphatic carbocycles. The number of hydrogen-bond acceptors (Lipinski definition) is 2. The van der Waals surface area contributed by atoms with Gasteiger partial charge in [-0.25, -0.2) is 0 Å². The summed E-state index contributed by atoms with van der Waals surface area (Å²) in [4.78, 5) is 24.3. The van der Waals surface area contributed by atoms with Gasteiger partial charge in [0.25, 0.3) is 0 Å². The Bertz CT molecular complexity index is 814. The lowest BCUT2D eigenvalue weighted by molar-refractivity contribution is -0.137. The molecule has 0 aromatic heterocycles. The van der Waals surface area contributed by atoms with Gasteiger partial charge in [0.1, 0.15) is 0 Å². The van der Waals surface area contributed by atoms with Gasteiger partial charge in [-0.15, -0.1) is 0 Å². The molecule has 2 atom stereocenters. The lowest BCUT2D eigenvalue weighted by Gasteiger charge is -2.09. The molecule has 2 aromatic rings. The number of hydrogen-bond donors (Lipinski definition) is 2. The van der Waals surface area contributed by atoms with Crippen LogP contribution in [0.1, 0.15) is 17.5 Å². The third kappa shape index (κ3) is 4.22. The van der Waals surface area contributed by atoms with Crippen LogP contribution < -0.4 is 10.6 Å². The highest BCUT2D eigenvalue weighted by molar-refractivity contribution is 6.03. The SMILES string of the molecule is Cc1ccc(NC(=O)C2CC2C(=O)Nc2ccc(C(F)(F)F)cc2)cc1. The van der Waals surface area contributed by atoms with Crippen LogP contribution in [0.4, 0.5) is 24.5 Å². The van der Waals surface area contributed by atoms with Crippen molar-refractivity contribution in [2.45, 2.75) is 19.5 Å². The summed E-state index contributed by atoms with van der Waals surface area (Å²) in [6, 6.07) is 11.5. The number of aryl methyl sites for hydroxylation is 1. The molecule has 0 radical (unpaired) electrons. The first-order valence-electron chi connectivity index (χ1n) is 8.10. The van der Waals surface area contributed by atoms with Gasteiger partial charge in [0.05, 0.1) is 17.4 Å². The van der Waals surface area contributed by atoms with Crippen LogP contribution in [0.25, 0.3) is 0 Å². The highest BCUT2D eigenvalue weighted by Crippen LogP contribution is 2.40. The van der Waals surface area contributed by atoms with Crippen molar-refractivity contribution < 1.29 is 22.8 Å². The van der Waals surface area contributed by atoms with E-state index in [1.54, 1.807) is 12.1 Å². The predicted octanol–water partition coefficient (Wildman–Crippen LogP) is 4.23. The van der Waals surface area contributed by atoms with Crippen molar-refractivity contribution in [3.05, 3.63) is 59.7 Å². The molecule has 2 unspecified atom stereocenters. The number of alkyl halides is 3. The Hall–Kier alpha value is -2.83. The van der Waals surface area contributed by atoms with Gasteiger partial charge < -0.3 is 10.6 Å². The van der Waals surface area contributed by atoms with Crippen LogP contribution in [0.5, 0.6) is 0 Å². The summed E-state index contributed by atoms with van der Waals surface area (Å²) in [6.07, 6.45) is -4.00. The van der Waals surface area contributed by atoms with Crippen LogP contribution in [-0.4, -0.2) is 11.8 Å². The molecule has 0 heterocycles. The molecule has 0 spiro atoms. The lowest BCUT2D eigenvalue weighted by Crippen LogP contribution is -2.20. The molecule has 1 saturated carbocycles. The lowest BCUT2D eigenvalue weighted by atomic mass is 10.2. The number of amides is 2. The summed E-state index contributed by atoms with van der Waals surface area (Å²) in [5.74, 6) is -1.50. The Morgan fingerprint density at radius 2 is 1.27 bits per heavy atom. The highest BCUT2D eigenvalue weighted by Gasteiger charge is 2.48. The topological polar surface area (TPSA) is 58.2 Å². The summed E-state index contributed by atoms with van der Waals surface area (Å²) in [7, 11) is 0. The van der Waals surface area contributed by atoms with E-state index in [0.717, 1.165) is 17.7 Å². The first-order chi connectivity index (χ1) is 12.2. The van der Waals surface area contributed by atoms with Gasteiger partial charge in [0.2, 0.25) is 11.8 Å². The van der Waals surface area contributed by atoms with Gasteiger partial charge in [-0.2, -0.15) is 13.2 Å². The second-order valence-corrected chi connectivity index (χ2v) is 6.37. The van der Waals surface area contributed by atoms with E-state index in [1.165, 1.54) is 12.1 Å². The van der Waals surface area contributed by atoms with Crippen LogP contribution in [0.15, 0.2) is 48.5 Å². The van der Waals surface area contributed by atoms with E-state index in [0.29, 0.717) is 12.1 Å². The van der Waals surface area contributed by atoms with Crippen LogP contribution in [0.2, 0.25) is 0 Å². The molecule has 1 aliphatic rings. The Morgan fingerprint density at radius 1 is 0.846 bits per heavy atom. The first kappa shape index (κ1) is 18.0. The highest BCUT2D eigenvalue weighted by atomic mass is 19.4. The van der Waals surface area contributed by atoms with Gasteiger partial charge in [-0.3, -0.25) is 9.59 Å². The van der Waals surface area contributed by atoms with Crippen LogP contribution in [0.3, 0.4) is 0 Å². The zero-order chi connectivity index (χ0) is 18.9. The number of rotatable bonds is 4. The minimum atomic E-state index is -4.42. The largest absolute Gasteiger partial charge is 0.416 e. The van der Waals surface area contributed by atoms with Crippen molar-refractivity contribution in [2.24, 2.45) is 11.8 Å². The molecule has 0 bridgehead atoms. The Labute approximate surface area is 148 Å². The third-order valence-corrected chi connectivity index (χ3v) is 4.26. The van der Waals surface area contributed by atoms with E-state index in [4.69, 9.17) is 0 Å². The van der Waals surface area contributed by atoms with E-state index in [-0.39, 0.29) is 17.5 Å². The summed E-state index contributed by atoms with van der Waals surface area (Å²) >= 11 is 0. The molecule has 0 aliphatic heterocycles. The van der Waals surface area contributed by atoms with Gasteiger partial charge >= 0.3 is 6.18 Å². The van der Waals surface area contributed by atoms with Crippen molar-refractivity contribution in [1.82, 2.24) is 0 Å². The number of nitrogens with one attached hydrogen (secondary N) is 2. The van der Waals surface area contributed by atoms with Crippen molar-refractivity contribution in [3.63, 3.8) is 0 Å². The maximum atomic E-state index is 12.5. The minimum absolute atomic E-state index is 0.235. The zero-order valence-electron chi connectivity index (χ0n) is 13.9. The van der Waals surface area contributed by atoms with Crippen molar-refractivity contribution in [3.8, 4) is 0 Å². The number of benzene rings is 2. The Balaban J connectivity index is 1.53. The predicted molar refractivity (Wildman–Crippen MR) is 91.5 cm³/mol. The van der Waals surface area contributed by atoms with Gasteiger partial charge in [-0.1, -0.05) is 17.7 Å². The van der Waals surface area contributed by atoms with Crippen LogP contribution in [0, 0.1) is 18.8 Å². The van der Waals surface area contributed by atoms with Gasteiger partial charge in [0.15, 0.2) is 0 Å². The third-order valence-electron chi connectivity index (χ3n) is 4.26. The summed E-state index contributed by atoms with van der Waals surface area (Å²) in [5.41, 5.74) is 1.22. The molecular formula is C19H17F3N2O2. The molecule has 7 heteroatoms. The average molecular weight is 362 g/mol. The standard InChI is InChI=1S/C19H17F3N2O2/c1-11-2-6-13(7-3-11)23-17(25)15-10-16(15)18(26)24-14-8-4-12(5-9-14)19(20,21)22/h2-9,15-16H,10H2,1H3,(H,23,25)(H,24,26). The average Bonchev–Trinajstić information content (AvgIpc) is 3.37. The fraction of sp³-hybridized carbons (Fsp3) is 0.263. The molecule has 2 aromatic carbocycles. The fourth-order valence-electron chi connectivity index (χ4n) is 2.62. The van der Waals surface area contributed by atoms with E-state index >= 15 is 0 Å². The molecule has 2 amide bonds. The summed E-state index contributed by atoms with van der Waals surface area (Å²) in [6.45, 7) is 1.94. The maximum absolute atomic E-state index is 12.5. The summed E-state index contributed by atoms with van der Waals surface area (Å²) in [5, 5.41) is 5.31. The fourth-order valence-corrected chi connectivity index (χ4v) is 2.62. The molecule has 2 N–H and O–H groups in total. The normalized spacial score (nSPS) is 18.9. The minimum Gasteiger partial charge on any atom is -0.326 e. The Morgan fingerprint density at radius 3 is 1.69 bits per heavy atom. The molecule has 4 nitrogen and oxygen atoms in total. The van der Waals surface area contributed by atoms with Crippen molar-refractivity contribution in [1.29, 1.82) is 0 Å². The quantitative estimate of drug-likeness (QED) is 0.855. The number of carbonyl (C=O) groups is 2. The van der Waals surface area contributed by atoms with Crippen LogP contribution >= 0.6 is 0 Å². The van der Waals surface area contributed by atoms with Gasteiger partial charge in [0, 0.05) is 11.4 Å². The summed E-state index contributed by atoms with van der Waals surface area (Å²) < 4.78 is 37.6. The van der Waals surface area contributed by atoms with Crippen molar-refractivity contribution in [2.75, 3.05) is 10.6 Å². The van der Waals surface area contributed by atoms with E-state index < -0.39 is 23.6 Å². The number of halogens is 3. The molecular weight excluding hydrogens is 345 g/mol. The number of carbonyl (C=O) groups excluding carboxylic acids is 2. The first-order valence-corrected chi connectivity index (χ1v) is 8.10. The van der Waals surface area contributed by atoms with Crippen LogP contribution in [-0.2, 0) is 15.8 Å². The Kier molecular flexibility index (Phi) is 4.71. The second kappa shape index (κ2) is 6.82. The molecule has 136 valence electrons.